The van der Waals surface area contributed by atoms with Crippen molar-refractivity contribution in [3.05, 3.63) is 65.1 Å². The Morgan fingerprint density at radius 1 is 1.17 bits per heavy atom. The summed E-state index contributed by atoms with van der Waals surface area (Å²) in [5, 5.41) is 0.649. The van der Waals surface area contributed by atoms with Crippen molar-refractivity contribution in [2.24, 2.45) is 0 Å². The van der Waals surface area contributed by atoms with Gasteiger partial charge < -0.3 is 9.47 Å². The van der Waals surface area contributed by atoms with Crippen LogP contribution in [0.2, 0.25) is 5.02 Å². The zero-order valence-electron chi connectivity index (χ0n) is 16.8. The molecular formula is C23H25ClN4O. The van der Waals surface area contributed by atoms with Gasteiger partial charge in [-0.3, -0.25) is 4.79 Å². The van der Waals surface area contributed by atoms with E-state index in [9.17, 15) is 4.79 Å². The van der Waals surface area contributed by atoms with Crippen LogP contribution in [0.3, 0.4) is 0 Å². The molecular weight excluding hydrogens is 384 g/mol. The summed E-state index contributed by atoms with van der Waals surface area (Å²) in [7, 11) is 0. The molecule has 3 aromatic rings. The molecule has 2 aromatic heterocycles. The van der Waals surface area contributed by atoms with Gasteiger partial charge in [-0.05, 0) is 42.7 Å². The normalized spacial score (nSPS) is 15.7. The first-order valence-electron chi connectivity index (χ1n) is 10.1. The predicted octanol–water partition coefficient (Wildman–Crippen LogP) is 5.09. The fraction of sp³-hybridized carbons (Fsp3) is 0.348. The highest BCUT2D eigenvalue weighted by atomic mass is 35.5. The number of carbonyl (C=O) groups excluding carboxylic acids is 1. The van der Waals surface area contributed by atoms with Gasteiger partial charge in [0.05, 0.1) is 0 Å². The van der Waals surface area contributed by atoms with E-state index in [0.717, 1.165) is 48.5 Å². The predicted molar refractivity (Wildman–Crippen MR) is 117 cm³/mol. The van der Waals surface area contributed by atoms with Crippen LogP contribution < -0.4 is 0 Å². The zero-order valence-corrected chi connectivity index (χ0v) is 17.5. The molecule has 1 aliphatic heterocycles. The summed E-state index contributed by atoms with van der Waals surface area (Å²) >= 11 is 6.17. The second-order valence-corrected chi connectivity index (χ2v) is 8.16. The van der Waals surface area contributed by atoms with E-state index >= 15 is 0 Å². The minimum atomic E-state index is 0.0288. The quantitative estimate of drug-likeness (QED) is 0.565. The molecule has 0 saturated carbocycles. The first kappa shape index (κ1) is 19.6. The summed E-state index contributed by atoms with van der Waals surface area (Å²) in [6.07, 6.45) is 7.03. The number of hydrogen-bond acceptors (Lipinski definition) is 3. The molecule has 29 heavy (non-hydrogen) atoms. The molecule has 0 spiro atoms. The fourth-order valence-electron chi connectivity index (χ4n) is 3.94. The lowest BCUT2D eigenvalue weighted by atomic mass is 10.0. The van der Waals surface area contributed by atoms with Gasteiger partial charge in [0.25, 0.3) is 0 Å². The highest BCUT2D eigenvalue weighted by Crippen LogP contribution is 2.31. The molecule has 1 aromatic carbocycles. The van der Waals surface area contributed by atoms with Crippen LogP contribution in [0.1, 0.15) is 50.0 Å². The van der Waals surface area contributed by atoms with Crippen LogP contribution in [0.15, 0.2) is 48.7 Å². The maximum Gasteiger partial charge on any atom is 0.246 e. The molecule has 0 bridgehead atoms. The molecule has 0 atom stereocenters. The standard InChI is InChI=1S/C23H25ClN4O/c1-16(2)22-26-20-8-5-13-25-23(20)28(22)18-11-14-27(15-12-18)21(29)10-9-17-6-3-4-7-19(17)24/h3-10,13,16,18H,11-12,14-15H2,1-2H3. The van der Waals surface area contributed by atoms with E-state index < -0.39 is 0 Å². The van der Waals surface area contributed by atoms with E-state index in [0.29, 0.717) is 17.0 Å². The maximum absolute atomic E-state index is 12.6. The Balaban J connectivity index is 1.47. The van der Waals surface area contributed by atoms with E-state index in [4.69, 9.17) is 16.6 Å². The Labute approximate surface area is 176 Å². The number of piperidine rings is 1. The van der Waals surface area contributed by atoms with Gasteiger partial charge in [-0.1, -0.05) is 43.6 Å². The number of aromatic nitrogens is 3. The minimum absolute atomic E-state index is 0.0288. The Bertz CT molecular complexity index is 1050. The molecule has 5 nitrogen and oxygen atoms in total. The highest BCUT2D eigenvalue weighted by molar-refractivity contribution is 6.32. The number of benzene rings is 1. The van der Waals surface area contributed by atoms with Crippen molar-refractivity contribution >= 4 is 34.7 Å². The Kier molecular flexibility index (Phi) is 5.67. The van der Waals surface area contributed by atoms with Crippen molar-refractivity contribution in [3.8, 4) is 0 Å². The number of nitrogens with zero attached hydrogens (tertiary/aromatic N) is 4. The molecule has 1 fully saturated rings. The summed E-state index contributed by atoms with van der Waals surface area (Å²) in [5.74, 6) is 1.42. The van der Waals surface area contributed by atoms with E-state index in [1.165, 1.54) is 0 Å². The van der Waals surface area contributed by atoms with Gasteiger partial charge in [-0.25, -0.2) is 9.97 Å². The number of halogens is 1. The lowest BCUT2D eigenvalue weighted by Gasteiger charge is -2.33. The van der Waals surface area contributed by atoms with Crippen molar-refractivity contribution in [2.45, 2.75) is 38.6 Å². The number of rotatable bonds is 4. The van der Waals surface area contributed by atoms with E-state index in [2.05, 4.69) is 23.4 Å². The number of fused-ring (bicyclic) bond motifs is 1. The van der Waals surface area contributed by atoms with Crippen molar-refractivity contribution in [1.29, 1.82) is 0 Å². The smallest absolute Gasteiger partial charge is 0.246 e. The molecule has 0 unspecified atom stereocenters. The second-order valence-electron chi connectivity index (χ2n) is 7.75. The summed E-state index contributed by atoms with van der Waals surface area (Å²) in [6.45, 7) is 5.77. The molecule has 6 heteroatoms. The van der Waals surface area contributed by atoms with Gasteiger partial charge in [-0.2, -0.15) is 0 Å². The largest absolute Gasteiger partial charge is 0.339 e. The number of likely N-dealkylation sites (tertiary alicyclic amines) is 1. The zero-order chi connectivity index (χ0) is 20.4. The third kappa shape index (κ3) is 4.06. The summed E-state index contributed by atoms with van der Waals surface area (Å²) in [4.78, 5) is 23.9. The Morgan fingerprint density at radius 2 is 1.93 bits per heavy atom. The van der Waals surface area contributed by atoms with Gasteiger partial charge in [0, 0.05) is 42.3 Å². The Hall–Kier alpha value is -2.66. The first-order chi connectivity index (χ1) is 14.0. The van der Waals surface area contributed by atoms with Gasteiger partial charge in [0.15, 0.2) is 5.65 Å². The van der Waals surface area contributed by atoms with Crippen LogP contribution in [0.4, 0.5) is 0 Å². The van der Waals surface area contributed by atoms with Gasteiger partial charge in [0.1, 0.15) is 11.3 Å². The van der Waals surface area contributed by atoms with Crippen LogP contribution in [0, 0.1) is 0 Å². The third-order valence-electron chi connectivity index (χ3n) is 5.44. The molecule has 0 N–H and O–H groups in total. The van der Waals surface area contributed by atoms with Gasteiger partial charge >= 0.3 is 0 Å². The minimum Gasteiger partial charge on any atom is -0.339 e. The van der Waals surface area contributed by atoms with Crippen LogP contribution in [0.5, 0.6) is 0 Å². The van der Waals surface area contributed by atoms with E-state index in [-0.39, 0.29) is 5.91 Å². The van der Waals surface area contributed by atoms with Crippen LogP contribution in [-0.2, 0) is 4.79 Å². The average Bonchev–Trinajstić information content (AvgIpc) is 3.13. The average molecular weight is 409 g/mol. The van der Waals surface area contributed by atoms with Crippen molar-refractivity contribution in [2.75, 3.05) is 13.1 Å². The molecule has 0 aliphatic carbocycles. The number of pyridine rings is 1. The maximum atomic E-state index is 12.6. The monoisotopic (exact) mass is 408 g/mol. The second kappa shape index (κ2) is 8.37. The number of imidazole rings is 1. The molecule has 3 heterocycles. The topological polar surface area (TPSA) is 51.0 Å². The molecule has 150 valence electrons. The molecule has 1 aliphatic rings. The van der Waals surface area contributed by atoms with Gasteiger partial charge in [-0.15, -0.1) is 0 Å². The number of carbonyl (C=O) groups is 1. The van der Waals surface area contributed by atoms with Crippen molar-refractivity contribution in [3.63, 3.8) is 0 Å². The summed E-state index contributed by atoms with van der Waals surface area (Å²) in [6, 6.07) is 11.8. The van der Waals surface area contributed by atoms with Crippen molar-refractivity contribution < 1.29 is 4.79 Å². The van der Waals surface area contributed by atoms with E-state index in [1.54, 1.807) is 12.2 Å². The molecule has 1 saturated heterocycles. The van der Waals surface area contributed by atoms with Crippen molar-refractivity contribution in [1.82, 2.24) is 19.4 Å². The SMILES string of the molecule is CC(C)c1nc2cccnc2n1C1CCN(C(=O)C=Cc2ccccc2Cl)CC1. The summed E-state index contributed by atoms with van der Waals surface area (Å²) in [5.41, 5.74) is 2.74. The third-order valence-corrected chi connectivity index (χ3v) is 5.79. The van der Waals surface area contributed by atoms with Crippen LogP contribution in [0.25, 0.3) is 17.2 Å². The lowest BCUT2D eigenvalue weighted by Crippen LogP contribution is -2.38. The molecule has 4 rings (SSSR count). The fourth-order valence-corrected chi connectivity index (χ4v) is 4.13. The van der Waals surface area contributed by atoms with Crippen LogP contribution in [-0.4, -0.2) is 38.4 Å². The van der Waals surface area contributed by atoms with Crippen LogP contribution >= 0.6 is 11.6 Å². The number of amides is 1. The summed E-state index contributed by atoms with van der Waals surface area (Å²) < 4.78 is 2.29. The molecule has 1 amide bonds. The Morgan fingerprint density at radius 3 is 2.66 bits per heavy atom. The highest BCUT2D eigenvalue weighted by Gasteiger charge is 2.27. The van der Waals surface area contributed by atoms with Gasteiger partial charge in [0.2, 0.25) is 5.91 Å². The first-order valence-corrected chi connectivity index (χ1v) is 10.5. The number of hydrogen-bond donors (Lipinski definition) is 0. The molecule has 0 radical (unpaired) electrons. The van der Waals surface area contributed by atoms with E-state index in [1.807, 2.05) is 47.5 Å². The lowest BCUT2D eigenvalue weighted by molar-refractivity contribution is -0.127.